The minimum Gasteiger partial charge on any atom is -0.384 e. The Morgan fingerprint density at radius 1 is 1.60 bits per heavy atom. The van der Waals surface area contributed by atoms with Crippen molar-refractivity contribution in [3.05, 3.63) is 24.0 Å². The Labute approximate surface area is 89.9 Å². The number of amides is 1. The summed E-state index contributed by atoms with van der Waals surface area (Å²) in [6, 6.07) is 1.76. The summed E-state index contributed by atoms with van der Waals surface area (Å²) in [6.07, 6.45) is 4.19. The third-order valence-electron chi connectivity index (χ3n) is 2.12. The molecule has 1 aromatic heterocycles. The maximum Gasteiger partial charge on any atom is 0.252 e. The second kappa shape index (κ2) is 5.34. The van der Waals surface area contributed by atoms with Crippen LogP contribution < -0.4 is 11.1 Å². The summed E-state index contributed by atoms with van der Waals surface area (Å²) in [4.78, 5) is 14.9. The number of rotatable bonds is 5. The summed E-state index contributed by atoms with van der Waals surface area (Å²) >= 11 is 0. The molecule has 0 aliphatic carbocycles. The molecule has 0 unspecified atom stereocenters. The minimum atomic E-state index is -0.449. The molecule has 4 nitrogen and oxygen atoms in total. The highest BCUT2D eigenvalue weighted by molar-refractivity contribution is 5.98. The van der Waals surface area contributed by atoms with E-state index in [1.54, 1.807) is 12.3 Å². The number of nitrogens with zero attached hydrogens (tertiary/aromatic N) is 1. The zero-order valence-corrected chi connectivity index (χ0v) is 9.16. The van der Waals surface area contributed by atoms with Crippen molar-refractivity contribution in [3.63, 3.8) is 0 Å². The van der Waals surface area contributed by atoms with Gasteiger partial charge < -0.3 is 11.1 Å². The lowest BCUT2D eigenvalue weighted by atomic mass is 10.1. The molecule has 0 atom stereocenters. The predicted octanol–water partition coefficient (Wildman–Crippen LogP) is 1.64. The average Bonchev–Trinajstić information content (AvgIpc) is 2.17. The number of hydrogen-bond donors (Lipinski definition) is 2. The van der Waals surface area contributed by atoms with Gasteiger partial charge in [-0.1, -0.05) is 13.8 Å². The first-order valence-electron chi connectivity index (χ1n) is 5.09. The Kier molecular flexibility index (Phi) is 4.09. The van der Waals surface area contributed by atoms with Crippen LogP contribution in [0, 0.1) is 5.92 Å². The third-order valence-corrected chi connectivity index (χ3v) is 2.12. The number of nitrogens with one attached hydrogen (secondary N) is 1. The van der Waals surface area contributed by atoms with E-state index in [9.17, 15) is 4.79 Å². The zero-order valence-electron chi connectivity index (χ0n) is 9.16. The Hall–Kier alpha value is -1.58. The van der Waals surface area contributed by atoms with Crippen LogP contribution in [-0.4, -0.2) is 17.4 Å². The molecule has 0 saturated carbocycles. The molecule has 1 aromatic rings. The van der Waals surface area contributed by atoms with Gasteiger partial charge in [0.2, 0.25) is 0 Å². The quantitative estimate of drug-likeness (QED) is 0.771. The molecule has 0 fully saturated rings. The molecule has 0 aromatic carbocycles. The van der Waals surface area contributed by atoms with Crippen LogP contribution in [0.25, 0.3) is 0 Å². The fraction of sp³-hybridized carbons (Fsp3) is 0.455. The normalized spacial score (nSPS) is 10.3. The topological polar surface area (TPSA) is 68.0 Å². The largest absolute Gasteiger partial charge is 0.384 e. The Morgan fingerprint density at radius 3 is 2.93 bits per heavy atom. The Balaban J connectivity index is 2.63. The maximum atomic E-state index is 11.1. The van der Waals surface area contributed by atoms with Gasteiger partial charge in [-0.25, -0.2) is 0 Å². The van der Waals surface area contributed by atoms with Crippen molar-refractivity contribution in [1.82, 2.24) is 4.98 Å². The highest BCUT2D eigenvalue weighted by Gasteiger charge is 2.06. The van der Waals surface area contributed by atoms with Crippen LogP contribution in [0.4, 0.5) is 5.69 Å². The number of carbonyl (C=O) groups excluding carboxylic acids is 1. The average molecular weight is 207 g/mol. The number of aromatic nitrogens is 1. The van der Waals surface area contributed by atoms with E-state index in [1.165, 1.54) is 6.20 Å². The second-order valence-corrected chi connectivity index (χ2v) is 3.89. The molecule has 1 amide bonds. The number of carbonyl (C=O) groups is 1. The lowest BCUT2D eigenvalue weighted by Crippen LogP contribution is -2.15. The number of nitrogens with two attached hydrogens (primary N) is 1. The van der Waals surface area contributed by atoms with Crippen molar-refractivity contribution in [2.75, 3.05) is 11.9 Å². The number of anilines is 1. The van der Waals surface area contributed by atoms with Gasteiger partial charge in [-0.2, -0.15) is 0 Å². The summed E-state index contributed by atoms with van der Waals surface area (Å²) in [5.41, 5.74) is 6.43. The van der Waals surface area contributed by atoms with E-state index < -0.39 is 5.91 Å². The van der Waals surface area contributed by atoms with E-state index in [1.807, 2.05) is 0 Å². The molecule has 15 heavy (non-hydrogen) atoms. The molecule has 82 valence electrons. The van der Waals surface area contributed by atoms with Gasteiger partial charge in [-0.15, -0.1) is 0 Å². The fourth-order valence-corrected chi connectivity index (χ4v) is 1.24. The standard InChI is InChI=1S/C11H17N3O/c1-8(2)3-6-14-10-4-5-13-7-9(10)11(12)15/h4-5,7-8H,3,6H2,1-2H3,(H2,12,15)(H,13,14). The molecular weight excluding hydrogens is 190 g/mol. The van der Waals surface area contributed by atoms with E-state index in [2.05, 4.69) is 24.1 Å². The smallest absolute Gasteiger partial charge is 0.252 e. The molecule has 1 rings (SSSR count). The van der Waals surface area contributed by atoms with Crippen LogP contribution in [-0.2, 0) is 0 Å². The Morgan fingerprint density at radius 2 is 2.33 bits per heavy atom. The van der Waals surface area contributed by atoms with Crippen LogP contribution >= 0.6 is 0 Å². The first-order chi connectivity index (χ1) is 7.11. The van der Waals surface area contributed by atoms with Gasteiger partial charge in [0.25, 0.3) is 5.91 Å². The van der Waals surface area contributed by atoms with Crippen LogP contribution in [0.15, 0.2) is 18.5 Å². The van der Waals surface area contributed by atoms with Gasteiger partial charge in [-0.05, 0) is 18.4 Å². The monoisotopic (exact) mass is 207 g/mol. The van der Waals surface area contributed by atoms with Crippen LogP contribution in [0.5, 0.6) is 0 Å². The summed E-state index contributed by atoms with van der Waals surface area (Å²) in [6.45, 7) is 5.15. The number of pyridine rings is 1. The van der Waals surface area contributed by atoms with Crippen molar-refractivity contribution < 1.29 is 4.79 Å². The summed E-state index contributed by atoms with van der Waals surface area (Å²) in [7, 11) is 0. The molecule has 0 bridgehead atoms. The van der Waals surface area contributed by atoms with Gasteiger partial charge in [-0.3, -0.25) is 9.78 Å². The van der Waals surface area contributed by atoms with Gasteiger partial charge in [0, 0.05) is 18.9 Å². The van der Waals surface area contributed by atoms with Gasteiger partial charge in [0.05, 0.1) is 11.3 Å². The maximum absolute atomic E-state index is 11.1. The van der Waals surface area contributed by atoms with E-state index in [0.717, 1.165) is 18.7 Å². The number of hydrogen-bond acceptors (Lipinski definition) is 3. The van der Waals surface area contributed by atoms with Gasteiger partial charge in [0.1, 0.15) is 0 Å². The van der Waals surface area contributed by atoms with E-state index in [-0.39, 0.29) is 0 Å². The van der Waals surface area contributed by atoms with Crippen molar-refractivity contribution >= 4 is 11.6 Å². The molecule has 0 aliphatic heterocycles. The van der Waals surface area contributed by atoms with E-state index in [0.29, 0.717) is 11.5 Å². The highest BCUT2D eigenvalue weighted by Crippen LogP contribution is 2.13. The molecule has 4 heteroatoms. The van der Waals surface area contributed by atoms with Crippen LogP contribution in [0.3, 0.4) is 0 Å². The lowest BCUT2D eigenvalue weighted by Gasteiger charge is -2.10. The predicted molar refractivity (Wildman–Crippen MR) is 60.7 cm³/mol. The van der Waals surface area contributed by atoms with Crippen LogP contribution in [0.1, 0.15) is 30.6 Å². The molecule has 0 saturated heterocycles. The molecular formula is C11H17N3O. The first kappa shape index (κ1) is 11.5. The van der Waals surface area contributed by atoms with Gasteiger partial charge in [0.15, 0.2) is 0 Å². The first-order valence-corrected chi connectivity index (χ1v) is 5.09. The van der Waals surface area contributed by atoms with Crippen molar-refractivity contribution in [2.45, 2.75) is 20.3 Å². The van der Waals surface area contributed by atoms with Gasteiger partial charge >= 0.3 is 0 Å². The van der Waals surface area contributed by atoms with E-state index in [4.69, 9.17) is 5.73 Å². The summed E-state index contributed by atoms with van der Waals surface area (Å²) in [5, 5.41) is 3.19. The van der Waals surface area contributed by atoms with Crippen molar-refractivity contribution in [2.24, 2.45) is 11.7 Å². The van der Waals surface area contributed by atoms with Crippen molar-refractivity contribution in [1.29, 1.82) is 0 Å². The highest BCUT2D eigenvalue weighted by atomic mass is 16.1. The molecule has 3 N–H and O–H groups in total. The lowest BCUT2D eigenvalue weighted by molar-refractivity contribution is 0.100. The minimum absolute atomic E-state index is 0.446. The molecule has 0 spiro atoms. The molecule has 0 aliphatic rings. The SMILES string of the molecule is CC(C)CCNc1ccncc1C(N)=O. The van der Waals surface area contributed by atoms with Crippen molar-refractivity contribution in [3.8, 4) is 0 Å². The molecule has 0 radical (unpaired) electrons. The Bertz CT molecular complexity index is 336. The fourth-order valence-electron chi connectivity index (χ4n) is 1.24. The van der Waals surface area contributed by atoms with E-state index >= 15 is 0 Å². The number of primary amides is 1. The summed E-state index contributed by atoms with van der Waals surface area (Å²) in [5.74, 6) is 0.187. The molecule has 1 heterocycles. The van der Waals surface area contributed by atoms with Crippen LogP contribution in [0.2, 0.25) is 0 Å². The third kappa shape index (κ3) is 3.58. The zero-order chi connectivity index (χ0) is 11.3. The summed E-state index contributed by atoms with van der Waals surface area (Å²) < 4.78 is 0. The second-order valence-electron chi connectivity index (χ2n) is 3.89.